The molecule has 0 radical (unpaired) electrons. The number of aliphatic hydroxyl groups excluding tert-OH is 5. The first-order valence-electron chi connectivity index (χ1n) is 12.7. The second kappa shape index (κ2) is 10.8. The largest absolute Gasteiger partial charge is 0.515 e. The van der Waals surface area contributed by atoms with Crippen molar-refractivity contribution in [3.8, 4) is 0 Å². The number of aromatic amines is 1. The Hall–Kier alpha value is -2.77. The minimum absolute atomic E-state index is 0.0580. The SMILES string of the molecule is C=C[C@H]1[C@@H](/C(=C/O)C(=O)OC)C[C@H]2c3[nH]c4ccccc4c3CCN2[C@H]1O[C@H]1O[C@@H](CO)[C@@H](O)[C@H](O)[C@@H]1O. The van der Waals surface area contributed by atoms with Crippen molar-refractivity contribution in [2.75, 3.05) is 20.3 Å². The number of carbonyl (C=O) groups is 1. The molecule has 1 aromatic heterocycles. The lowest BCUT2D eigenvalue weighted by atomic mass is 9.74. The van der Waals surface area contributed by atoms with Gasteiger partial charge in [-0.2, -0.15) is 0 Å². The molecular weight excluding hydrogens is 496 g/mol. The van der Waals surface area contributed by atoms with Crippen LogP contribution in [0.4, 0.5) is 0 Å². The molecule has 3 aliphatic heterocycles. The number of para-hydroxylation sites is 1. The van der Waals surface area contributed by atoms with Crippen molar-refractivity contribution in [2.24, 2.45) is 11.8 Å². The summed E-state index contributed by atoms with van der Waals surface area (Å²) in [6, 6.07) is 7.73. The highest BCUT2D eigenvalue weighted by atomic mass is 16.7. The Bertz CT molecular complexity index is 1210. The van der Waals surface area contributed by atoms with Gasteiger partial charge in [0.15, 0.2) is 6.29 Å². The van der Waals surface area contributed by atoms with E-state index in [1.807, 2.05) is 18.2 Å². The molecule has 0 spiro atoms. The highest BCUT2D eigenvalue weighted by Gasteiger charge is 2.51. The lowest BCUT2D eigenvalue weighted by Gasteiger charge is -2.52. The van der Waals surface area contributed by atoms with Crippen LogP contribution >= 0.6 is 0 Å². The number of esters is 1. The highest BCUT2D eigenvalue weighted by molar-refractivity contribution is 5.89. The number of methoxy groups -OCH3 is 1. The van der Waals surface area contributed by atoms with Gasteiger partial charge in [0.05, 0.1) is 31.6 Å². The molecule has 3 aliphatic rings. The van der Waals surface area contributed by atoms with Gasteiger partial charge in [-0.3, -0.25) is 4.90 Å². The van der Waals surface area contributed by atoms with Crippen molar-refractivity contribution in [3.63, 3.8) is 0 Å². The number of fused-ring (bicyclic) bond motifs is 5. The summed E-state index contributed by atoms with van der Waals surface area (Å²) < 4.78 is 16.9. The summed E-state index contributed by atoms with van der Waals surface area (Å²) in [6.45, 7) is 3.95. The molecule has 0 saturated carbocycles. The Morgan fingerprint density at radius 3 is 2.68 bits per heavy atom. The summed E-state index contributed by atoms with van der Waals surface area (Å²) in [5.74, 6) is -1.81. The van der Waals surface area contributed by atoms with Crippen molar-refractivity contribution in [1.82, 2.24) is 9.88 Å². The Kier molecular flexibility index (Phi) is 7.60. The zero-order valence-electron chi connectivity index (χ0n) is 21.0. The number of aromatic nitrogens is 1. The van der Waals surface area contributed by atoms with Crippen molar-refractivity contribution in [3.05, 3.63) is 60.0 Å². The quantitative estimate of drug-likeness (QED) is 0.135. The minimum Gasteiger partial charge on any atom is -0.515 e. The van der Waals surface area contributed by atoms with Crippen LogP contribution in [0.3, 0.4) is 0 Å². The van der Waals surface area contributed by atoms with Crippen LogP contribution in [-0.4, -0.2) is 98.6 Å². The molecule has 0 aliphatic carbocycles. The van der Waals surface area contributed by atoms with Crippen molar-refractivity contribution < 1.29 is 44.5 Å². The molecule has 0 bridgehead atoms. The van der Waals surface area contributed by atoms with Gasteiger partial charge in [-0.1, -0.05) is 24.3 Å². The average Bonchev–Trinajstić information content (AvgIpc) is 3.32. The van der Waals surface area contributed by atoms with E-state index < -0.39 is 61.3 Å². The number of piperidine rings is 1. The van der Waals surface area contributed by atoms with Gasteiger partial charge in [-0.25, -0.2) is 4.79 Å². The predicted octanol–water partition coefficient (Wildman–Crippen LogP) is 0.647. The summed E-state index contributed by atoms with van der Waals surface area (Å²) >= 11 is 0. The van der Waals surface area contributed by atoms with E-state index in [1.165, 1.54) is 7.11 Å². The van der Waals surface area contributed by atoms with Gasteiger partial charge in [-0.05, 0) is 24.5 Å². The lowest BCUT2D eigenvalue weighted by molar-refractivity contribution is -0.333. The molecule has 11 nitrogen and oxygen atoms in total. The topological polar surface area (TPSA) is 165 Å². The Morgan fingerprint density at radius 1 is 1.24 bits per heavy atom. The zero-order chi connectivity index (χ0) is 27.1. The van der Waals surface area contributed by atoms with Crippen molar-refractivity contribution in [1.29, 1.82) is 0 Å². The van der Waals surface area contributed by atoms with Crippen LogP contribution in [0.5, 0.6) is 0 Å². The molecule has 4 heterocycles. The number of benzene rings is 1. The van der Waals surface area contributed by atoms with E-state index in [2.05, 4.69) is 22.5 Å². The number of hydrogen-bond donors (Lipinski definition) is 6. The molecule has 11 heteroatoms. The first-order valence-corrected chi connectivity index (χ1v) is 12.7. The smallest absolute Gasteiger partial charge is 0.337 e. The Labute approximate surface area is 219 Å². The van der Waals surface area contributed by atoms with Crippen molar-refractivity contribution in [2.45, 2.75) is 55.8 Å². The van der Waals surface area contributed by atoms with Crippen LogP contribution in [-0.2, 0) is 25.4 Å². The molecule has 5 rings (SSSR count). The molecule has 2 aromatic rings. The molecule has 38 heavy (non-hydrogen) atoms. The number of ether oxygens (including phenoxy) is 3. The molecule has 0 amide bonds. The van der Waals surface area contributed by atoms with Crippen LogP contribution in [0.2, 0.25) is 0 Å². The monoisotopic (exact) mass is 530 g/mol. The first-order chi connectivity index (χ1) is 18.3. The summed E-state index contributed by atoms with van der Waals surface area (Å²) in [4.78, 5) is 18.3. The molecule has 6 N–H and O–H groups in total. The number of hydrogen-bond acceptors (Lipinski definition) is 10. The number of H-pyrrole nitrogens is 1. The summed E-state index contributed by atoms with van der Waals surface area (Å²) in [5.41, 5.74) is 3.17. The van der Waals surface area contributed by atoms with Gasteiger partial charge in [-0.15, -0.1) is 6.58 Å². The van der Waals surface area contributed by atoms with Crippen LogP contribution < -0.4 is 0 Å². The predicted molar refractivity (Wildman–Crippen MR) is 135 cm³/mol. The van der Waals surface area contributed by atoms with Gasteiger partial charge >= 0.3 is 5.97 Å². The van der Waals surface area contributed by atoms with E-state index in [0.717, 1.165) is 28.4 Å². The summed E-state index contributed by atoms with van der Waals surface area (Å²) in [5, 5.41) is 52.1. The van der Waals surface area contributed by atoms with Crippen LogP contribution in [0, 0.1) is 11.8 Å². The van der Waals surface area contributed by atoms with Crippen LogP contribution in [0.1, 0.15) is 23.7 Å². The van der Waals surface area contributed by atoms with E-state index in [4.69, 9.17) is 14.2 Å². The van der Waals surface area contributed by atoms with Gasteiger partial charge in [0, 0.05) is 35.0 Å². The zero-order valence-corrected chi connectivity index (χ0v) is 21.0. The summed E-state index contributed by atoms with van der Waals surface area (Å²) in [7, 11) is 1.24. The average molecular weight is 531 g/mol. The molecule has 2 saturated heterocycles. The fourth-order valence-corrected chi connectivity index (χ4v) is 6.23. The molecule has 1 aromatic carbocycles. The maximum Gasteiger partial charge on any atom is 0.337 e. The maximum absolute atomic E-state index is 12.7. The number of carbonyl (C=O) groups excluding carboxylic acids is 1. The van der Waals surface area contributed by atoms with E-state index in [9.17, 15) is 30.3 Å². The number of rotatable bonds is 6. The highest BCUT2D eigenvalue weighted by Crippen LogP contribution is 2.49. The number of aliphatic hydroxyl groups is 5. The van der Waals surface area contributed by atoms with Gasteiger partial charge < -0.3 is 44.7 Å². The van der Waals surface area contributed by atoms with Gasteiger partial charge in [0.1, 0.15) is 30.6 Å². The van der Waals surface area contributed by atoms with E-state index in [1.54, 1.807) is 6.08 Å². The molecule has 0 unspecified atom stereocenters. The van der Waals surface area contributed by atoms with E-state index >= 15 is 0 Å². The molecular formula is C27H34N2O9. The normalized spacial score (nSPS) is 35.9. The lowest BCUT2D eigenvalue weighted by Crippen LogP contribution is -2.62. The fourth-order valence-electron chi connectivity index (χ4n) is 6.23. The number of nitrogens with zero attached hydrogens (tertiary/aromatic N) is 1. The molecule has 2 fully saturated rings. The second-order valence-electron chi connectivity index (χ2n) is 10.0. The second-order valence-corrected chi connectivity index (χ2v) is 10.0. The van der Waals surface area contributed by atoms with Crippen LogP contribution in [0.25, 0.3) is 10.9 Å². The summed E-state index contributed by atoms with van der Waals surface area (Å²) in [6.07, 6.45) is -4.54. The number of nitrogens with one attached hydrogen (secondary N) is 1. The fraction of sp³-hybridized carbons (Fsp3) is 0.519. The molecule has 9 atom stereocenters. The van der Waals surface area contributed by atoms with Crippen LogP contribution in [0.15, 0.2) is 48.8 Å². The minimum atomic E-state index is -1.60. The van der Waals surface area contributed by atoms with E-state index in [0.29, 0.717) is 19.4 Å². The van der Waals surface area contributed by atoms with Gasteiger partial charge in [0.25, 0.3) is 0 Å². The Morgan fingerprint density at radius 2 is 2.00 bits per heavy atom. The van der Waals surface area contributed by atoms with E-state index in [-0.39, 0.29) is 11.6 Å². The molecule has 206 valence electrons. The first kappa shape index (κ1) is 26.8. The van der Waals surface area contributed by atoms with Gasteiger partial charge in [0.2, 0.25) is 0 Å². The Balaban J connectivity index is 1.56. The maximum atomic E-state index is 12.7. The third kappa shape index (κ3) is 4.34. The van der Waals surface area contributed by atoms with Crippen molar-refractivity contribution >= 4 is 16.9 Å². The standard InChI is InChI=1S/C27H34N2O9/c1-3-13-16(17(11-30)26(35)36-2)10-19-21-15(14-6-4-5-7-18(14)28-21)8-9-29(19)25(13)38-27-24(34)23(33)22(32)20(12-31)37-27/h3-7,11,13,16,19-20,22-25,27-28,30-34H,1,8-10,12H2,2H3/b17-11-/t13-,16-,19-,20-,22+,23-,24-,25-,27+/m0/s1. The third-order valence-corrected chi connectivity index (χ3v) is 8.15. The third-order valence-electron chi connectivity index (χ3n) is 8.15.